The Balaban J connectivity index is 2.25. The Bertz CT molecular complexity index is 583. The van der Waals surface area contributed by atoms with Crippen molar-refractivity contribution in [3.8, 4) is 0 Å². The van der Waals surface area contributed by atoms with E-state index in [1.807, 2.05) is 63.4 Å². The van der Waals surface area contributed by atoms with Crippen molar-refractivity contribution in [3.63, 3.8) is 0 Å². The van der Waals surface area contributed by atoms with Gasteiger partial charge in [-0.3, -0.25) is 4.21 Å². The maximum atomic E-state index is 12.7. The van der Waals surface area contributed by atoms with Crippen LogP contribution in [0.5, 0.6) is 0 Å². The first-order valence-corrected chi connectivity index (χ1v) is 8.04. The second-order valence-corrected chi connectivity index (χ2v) is 6.81. The van der Waals surface area contributed by atoms with Gasteiger partial charge < -0.3 is 5.32 Å². The van der Waals surface area contributed by atoms with Gasteiger partial charge in [-0.25, -0.2) is 0 Å². The largest absolute Gasteiger partial charge is 0.312 e. The highest BCUT2D eigenvalue weighted by molar-refractivity contribution is 7.85. The monoisotopic (exact) mass is 287 g/mol. The first-order chi connectivity index (χ1) is 9.63. The predicted molar refractivity (Wildman–Crippen MR) is 85.3 cm³/mol. The van der Waals surface area contributed by atoms with E-state index in [1.165, 1.54) is 5.56 Å². The van der Waals surface area contributed by atoms with E-state index < -0.39 is 10.8 Å². The minimum absolute atomic E-state index is 0.00389. The normalized spacial score (nSPS) is 15.6. The molecule has 3 heteroatoms. The Morgan fingerprint density at radius 1 is 1.05 bits per heavy atom. The Morgan fingerprint density at radius 3 is 2.35 bits per heavy atom. The summed E-state index contributed by atoms with van der Waals surface area (Å²) in [6.07, 6.45) is 0. The van der Waals surface area contributed by atoms with Crippen LogP contribution in [-0.4, -0.2) is 16.5 Å². The number of nitrogens with one attached hydrogen (secondary N) is 1. The zero-order valence-corrected chi connectivity index (χ0v) is 13.0. The van der Waals surface area contributed by atoms with E-state index in [0.29, 0.717) is 0 Å². The third kappa shape index (κ3) is 3.35. The van der Waals surface area contributed by atoms with E-state index in [-0.39, 0.29) is 11.3 Å². The number of aryl methyl sites for hydroxylation is 1. The molecular formula is C17H21NOS. The molecule has 0 fully saturated rings. The zero-order chi connectivity index (χ0) is 14.5. The summed E-state index contributed by atoms with van der Waals surface area (Å²) in [5, 5.41) is 3.29. The van der Waals surface area contributed by atoms with Crippen LogP contribution in [0.15, 0.2) is 59.5 Å². The van der Waals surface area contributed by atoms with E-state index in [2.05, 4.69) is 17.4 Å². The molecule has 2 aromatic rings. The quantitative estimate of drug-likeness (QED) is 0.912. The maximum Gasteiger partial charge on any atom is 0.0577 e. The molecule has 0 bridgehead atoms. The molecule has 0 spiro atoms. The molecule has 106 valence electrons. The fraction of sp³-hybridized carbons (Fsp3) is 0.294. The van der Waals surface area contributed by atoms with Crippen molar-refractivity contribution in [2.24, 2.45) is 0 Å². The first-order valence-electron chi connectivity index (χ1n) is 6.83. The van der Waals surface area contributed by atoms with Gasteiger partial charge in [0.05, 0.1) is 16.0 Å². The fourth-order valence-electron chi connectivity index (χ4n) is 2.41. The molecule has 3 atom stereocenters. The lowest BCUT2D eigenvalue weighted by Gasteiger charge is -2.23. The van der Waals surface area contributed by atoms with Crippen LogP contribution in [0.3, 0.4) is 0 Å². The van der Waals surface area contributed by atoms with E-state index in [9.17, 15) is 4.21 Å². The zero-order valence-electron chi connectivity index (χ0n) is 12.2. The number of rotatable bonds is 5. The van der Waals surface area contributed by atoms with Crippen LogP contribution in [0.2, 0.25) is 0 Å². The number of benzene rings is 2. The minimum Gasteiger partial charge on any atom is -0.312 e. The molecule has 3 unspecified atom stereocenters. The molecule has 0 aliphatic heterocycles. The van der Waals surface area contributed by atoms with Crippen LogP contribution in [-0.2, 0) is 10.8 Å². The van der Waals surface area contributed by atoms with Gasteiger partial charge in [0.25, 0.3) is 0 Å². The Morgan fingerprint density at radius 2 is 1.75 bits per heavy atom. The predicted octanol–water partition coefficient (Wildman–Crippen LogP) is 3.45. The summed E-state index contributed by atoms with van der Waals surface area (Å²) in [5.74, 6) is 0. The van der Waals surface area contributed by atoms with Gasteiger partial charge >= 0.3 is 0 Å². The third-order valence-corrected chi connectivity index (χ3v) is 5.16. The molecule has 0 amide bonds. The molecule has 0 radical (unpaired) electrons. The van der Waals surface area contributed by atoms with Gasteiger partial charge in [0.15, 0.2) is 0 Å². The van der Waals surface area contributed by atoms with Crippen LogP contribution < -0.4 is 5.32 Å². The highest BCUT2D eigenvalue weighted by Crippen LogP contribution is 2.24. The molecule has 0 aromatic heterocycles. The Kier molecular flexibility index (Phi) is 5.10. The second kappa shape index (κ2) is 6.82. The van der Waals surface area contributed by atoms with E-state index >= 15 is 0 Å². The van der Waals surface area contributed by atoms with Crippen LogP contribution in [0.1, 0.15) is 24.1 Å². The molecule has 0 saturated carbocycles. The summed E-state index contributed by atoms with van der Waals surface area (Å²) in [6, 6.07) is 18.2. The van der Waals surface area contributed by atoms with Gasteiger partial charge in [0.1, 0.15) is 0 Å². The smallest absolute Gasteiger partial charge is 0.0577 e. The van der Waals surface area contributed by atoms with Crippen molar-refractivity contribution in [1.29, 1.82) is 0 Å². The summed E-state index contributed by atoms with van der Waals surface area (Å²) >= 11 is 0. The number of hydrogen-bond donors (Lipinski definition) is 1. The third-order valence-electron chi connectivity index (χ3n) is 3.50. The van der Waals surface area contributed by atoms with Crippen LogP contribution in [0.25, 0.3) is 0 Å². The van der Waals surface area contributed by atoms with Crippen molar-refractivity contribution >= 4 is 10.8 Å². The molecule has 20 heavy (non-hydrogen) atoms. The summed E-state index contributed by atoms with van der Waals surface area (Å²) < 4.78 is 12.7. The average molecular weight is 287 g/mol. The van der Waals surface area contributed by atoms with Crippen LogP contribution in [0.4, 0.5) is 0 Å². The topological polar surface area (TPSA) is 29.1 Å². The lowest BCUT2D eigenvalue weighted by atomic mass is 10.0. The van der Waals surface area contributed by atoms with Gasteiger partial charge in [-0.1, -0.05) is 42.5 Å². The summed E-state index contributed by atoms with van der Waals surface area (Å²) in [4.78, 5) is 0.897. The first kappa shape index (κ1) is 14.9. The van der Waals surface area contributed by atoms with E-state index in [0.717, 1.165) is 10.5 Å². The van der Waals surface area contributed by atoms with Crippen molar-refractivity contribution in [2.45, 2.75) is 30.0 Å². The standard InChI is InChI=1S/C17H21NOS/c1-13-8-7-11-16(12-13)20(19)14(2)17(18-3)15-9-5-4-6-10-15/h4-12,14,17-18H,1-3H3. The lowest BCUT2D eigenvalue weighted by molar-refractivity contribution is 0.570. The number of hydrogen-bond acceptors (Lipinski definition) is 2. The van der Waals surface area contributed by atoms with E-state index in [1.54, 1.807) is 0 Å². The van der Waals surface area contributed by atoms with Crippen LogP contribution >= 0.6 is 0 Å². The van der Waals surface area contributed by atoms with Crippen molar-refractivity contribution in [2.75, 3.05) is 7.05 Å². The SMILES string of the molecule is CNC(c1ccccc1)C(C)S(=O)c1cccc(C)c1. The highest BCUT2D eigenvalue weighted by atomic mass is 32.2. The minimum atomic E-state index is -1.03. The summed E-state index contributed by atoms with van der Waals surface area (Å²) in [6.45, 7) is 4.06. The molecule has 2 aromatic carbocycles. The van der Waals surface area contributed by atoms with E-state index in [4.69, 9.17) is 0 Å². The maximum absolute atomic E-state index is 12.7. The van der Waals surface area contributed by atoms with Gasteiger partial charge in [0.2, 0.25) is 0 Å². The molecule has 0 aliphatic carbocycles. The lowest BCUT2D eigenvalue weighted by Crippen LogP contribution is -2.30. The Hall–Kier alpha value is -1.45. The summed E-state index contributed by atoms with van der Waals surface area (Å²) in [7, 11) is 0.887. The summed E-state index contributed by atoms with van der Waals surface area (Å²) in [5.41, 5.74) is 2.31. The fourth-order valence-corrected chi connectivity index (χ4v) is 3.90. The van der Waals surface area contributed by atoms with Crippen molar-refractivity contribution < 1.29 is 4.21 Å². The second-order valence-electron chi connectivity index (χ2n) is 5.00. The van der Waals surface area contributed by atoms with Gasteiger partial charge in [-0.15, -0.1) is 0 Å². The molecule has 0 aliphatic rings. The van der Waals surface area contributed by atoms with Gasteiger partial charge in [-0.2, -0.15) is 0 Å². The highest BCUT2D eigenvalue weighted by Gasteiger charge is 2.23. The van der Waals surface area contributed by atoms with Crippen molar-refractivity contribution in [1.82, 2.24) is 5.32 Å². The average Bonchev–Trinajstić information content (AvgIpc) is 2.48. The van der Waals surface area contributed by atoms with Crippen molar-refractivity contribution in [3.05, 3.63) is 65.7 Å². The van der Waals surface area contributed by atoms with Gasteiger partial charge in [0, 0.05) is 10.9 Å². The molecule has 2 rings (SSSR count). The van der Waals surface area contributed by atoms with Gasteiger partial charge in [-0.05, 0) is 44.2 Å². The molecule has 1 N–H and O–H groups in total. The molecule has 2 nitrogen and oxygen atoms in total. The van der Waals surface area contributed by atoms with Crippen LogP contribution in [0, 0.1) is 6.92 Å². The molecule has 0 heterocycles. The Labute approximate surface area is 123 Å². The molecule has 0 saturated heterocycles. The molecular weight excluding hydrogens is 266 g/mol.